The quantitative estimate of drug-likeness (QED) is 0.399. The molecular weight excluding hydrogens is 421 g/mol. The first kappa shape index (κ1) is 22.2. The zero-order valence-electron chi connectivity index (χ0n) is 18.4. The number of rotatable bonds is 8. The normalized spacial score (nSPS) is 11.9. The maximum absolute atomic E-state index is 13.5. The van der Waals surface area contributed by atoms with Gasteiger partial charge in [-0.1, -0.05) is 56.3 Å². The van der Waals surface area contributed by atoms with Crippen molar-refractivity contribution in [3.05, 3.63) is 102 Å². The Morgan fingerprint density at radius 1 is 0.939 bits per heavy atom. The molecule has 3 aromatic carbocycles. The second-order valence-electron chi connectivity index (χ2n) is 7.88. The molecule has 0 aliphatic carbocycles. The molecule has 1 amide bonds. The minimum absolute atomic E-state index is 0.190. The Hall–Kier alpha value is -4.00. The van der Waals surface area contributed by atoms with Crippen LogP contribution in [0.25, 0.3) is 11.5 Å². The number of aromatic nitrogens is 2. The first-order valence-electron chi connectivity index (χ1n) is 10.7. The molecule has 0 spiro atoms. The van der Waals surface area contributed by atoms with Gasteiger partial charge in [0.2, 0.25) is 11.8 Å². The molecule has 33 heavy (non-hydrogen) atoms. The largest absolute Gasteiger partial charge is 0.484 e. The average Bonchev–Trinajstić information content (AvgIpc) is 3.33. The van der Waals surface area contributed by atoms with Crippen molar-refractivity contribution in [3.63, 3.8) is 0 Å². The van der Waals surface area contributed by atoms with Crippen LogP contribution in [0.15, 0.2) is 83.3 Å². The van der Waals surface area contributed by atoms with Crippen LogP contribution < -0.4 is 10.1 Å². The Morgan fingerprint density at radius 3 is 2.27 bits per heavy atom. The fourth-order valence-corrected chi connectivity index (χ4v) is 3.29. The molecule has 1 heterocycles. The predicted octanol–water partition coefficient (Wildman–Crippen LogP) is 5.28. The van der Waals surface area contributed by atoms with E-state index in [1.807, 2.05) is 54.6 Å². The number of carbonyl (C=O) groups is 1. The highest BCUT2D eigenvalue weighted by Gasteiger charge is 2.24. The number of halogens is 1. The summed E-state index contributed by atoms with van der Waals surface area (Å²) >= 11 is 0. The van der Waals surface area contributed by atoms with Crippen molar-refractivity contribution in [1.82, 2.24) is 15.5 Å². The van der Waals surface area contributed by atoms with Gasteiger partial charge < -0.3 is 14.5 Å². The number of carbonyl (C=O) groups excluding carboxylic acids is 1. The highest BCUT2D eigenvalue weighted by molar-refractivity contribution is 5.78. The standard InChI is InChI=1S/C26H24FN3O3/c1-17(2)18-10-14-22(15-11-18)32-16-23(31)28-24(19-8-12-21(27)13-9-19)26-30-29-25(33-26)20-6-4-3-5-7-20/h3-15,17,24H,16H2,1-2H3,(H,28,31)/t24-/m1/s1. The van der Waals surface area contributed by atoms with E-state index < -0.39 is 6.04 Å². The lowest BCUT2D eigenvalue weighted by molar-refractivity contribution is -0.123. The van der Waals surface area contributed by atoms with E-state index in [0.717, 1.165) is 5.56 Å². The summed E-state index contributed by atoms with van der Waals surface area (Å²) in [5.41, 5.74) is 2.55. The second kappa shape index (κ2) is 10.1. The Morgan fingerprint density at radius 2 is 1.61 bits per heavy atom. The van der Waals surface area contributed by atoms with Crippen LogP contribution in [0.2, 0.25) is 0 Å². The summed E-state index contributed by atoms with van der Waals surface area (Å²) in [5.74, 6) is 0.763. The second-order valence-corrected chi connectivity index (χ2v) is 7.88. The lowest BCUT2D eigenvalue weighted by Gasteiger charge is -2.16. The van der Waals surface area contributed by atoms with Gasteiger partial charge in [-0.05, 0) is 53.4 Å². The van der Waals surface area contributed by atoms with E-state index >= 15 is 0 Å². The van der Waals surface area contributed by atoms with Crippen molar-refractivity contribution in [2.45, 2.75) is 25.8 Å². The van der Waals surface area contributed by atoms with E-state index in [1.165, 1.54) is 17.7 Å². The predicted molar refractivity (Wildman–Crippen MR) is 122 cm³/mol. The molecule has 0 saturated carbocycles. The highest BCUT2D eigenvalue weighted by atomic mass is 19.1. The van der Waals surface area contributed by atoms with Crippen LogP contribution in [0.4, 0.5) is 4.39 Å². The molecule has 0 bridgehead atoms. The molecule has 0 aliphatic rings. The number of amides is 1. The molecule has 6 nitrogen and oxygen atoms in total. The van der Waals surface area contributed by atoms with Crippen LogP contribution in [0.3, 0.4) is 0 Å². The van der Waals surface area contributed by atoms with Gasteiger partial charge in [-0.3, -0.25) is 4.79 Å². The third-order valence-corrected chi connectivity index (χ3v) is 5.13. The molecule has 4 rings (SSSR count). The first-order chi connectivity index (χ1) is 16.0. The van der Waals surface area contributed by atoms with Crippen LogP contribution in [0.1, 0.15) is 42.8 Å². The van der Waals surface area contributed by atoms with Crippen LogP contribution in [-0.4, -0.2) is 22.7 Å². The zero-order chi connectivity index (χ0) is 23.2. The van der Waals surface area contributed by atoms with E-state index in [0.29, 0.717) is 23.1 Å². The summed E-state index contributed by atoms with van der Waals surface area (Å²) in [6, 6.07) is 21.9. The topological polar surface area (TPSA) is 77.2 Å². The fourth-order valence-electron chi connectivity index (χ4n) is 3.29. The molecule has 0 fully saturated rings. The Labute approximate surface area is 191 Å². The van der Waals surface area contributed by atoms with Crippen molar-refractivity contribution in [3.8, 4) is 17.2 Å². The van der Waals surface area contributed by atoms with Gasteiger partial charge in [0.25, 0.3) is 5.91 Å². The molecule has 168 valence electrons. The third-order valence-electron chi connectivity index (χ3n) is 5.13. The van der Waals surface area contributed by atoms with Gasteiger partial charge in [0, 0.05) is 5.56 Å². The zero-order valence-corrected chi connectivity index (χ0v) is 18.4. The number of ether oxygens (including phenoxy) is 1. The van der Waals surface area contributed by atoms with Gasteiger partial charge in [0.1, 0.15) is 17.6 Å². The summed E-state index contributed by atoms with van der Waals surface area (Å²) in [4.78, 5) is 12.7. The summed E-state index contributed by atoms with van der Waals surface area (Å²) in [6.07, 6.45) is 0. The summed E-state index contributed by atoms with van der Waals surface area (Å²) < 4.78 is 24.9. The van der Waals surface area contributed by atoms with Crippen LogP contribution >= 0.6 is 0 Å². The van der Waals surface area contributed by atoms with Gasteiger partial charge in [-0.2, -0.15) is 0 Å². The maximum atomic E-state index is 13.5. The lowest BCUT2D eigenvalue weighted by Crippen LogP contribution is -2.33. The molecule has 7 heteroatoms. The highest BCUT2D eigenvalue weighted by Crippen LogP contribution is 2.25. The summed E-state index contributed by atoms with van der Waals surface area (Å²) in [5, 5.41) is 11.1. The van der Waals surface area contributed by atoms with E-state index in [4.69, 9.17) is 9.15 Å². The molecule has 0 aliphatic heterocycles. The maximum Gasteiger partial charge on any atom is 0.258 e. The molecular formula is C26H24FN3O3. The Balaban J connectivity index is 1.50. The minimum Gasteiger partial charge on any atom is -0.484 e. The number of hydrogen-bond acceptors (Lipinski definition) is 5. The molecule has 1 atom stereocenters. The van der Waals surface area contributed by atoms with Crippen molar-refractivity contribution in [2.75, 3.05) is 6.61 Å². The van der Waals surface area contributed by atoms with Gasteiger partial charge in [0.05, 0.1) is 0 Å². The van der Waals surface area contributed by atoms with Crippen LogP contribution in [0.5, 0.6) is 5.75 Å². The van der Waals surface area contributed by atoms with Crippen molar-refractivity contribution in [1.29, 1.82) is 0 Å². The lowest BCUT2D eigenvalue weighted by atomic mass is 10.0. The van der Waals surface area contributed by atoms with Crippen molar-refractivity contribution < 1.29 is 18.3 Å². The van der Waals surface area contributed by atoms with Gasteiger partial charge in [-0.25, -0.2) is 4.39 Å². The van der Waals surface area contributed by atoms with E-state index in [2.05, 4.69) is 29.4 Å². The molecule has 0 radical (unpaired) electrons. The molecule has 0 unspecified atom stereocenters. The average molecular weight is 445 g/mol. The third kappa shape index (κ3) is 5.63. The smallest absolute Gasteiger partial charge is 0.258 e. The van der Waals surface area contributed by atoms with Crippen LogP contribution in [0, 0.1) is 5.82 Å². The van der Waals surface area contributed by atoms with Gasteiger partial charge >= 0.3 is 0 Å². The molecule has 0 saturated heterocycles. The Bertz CT molecular complexity index is 1190. The number of hydrogen-bond donors (Lipinski definition) is 1. The van der Waals surface area contributed by atoms with E-state index in [-0.39, 0.29) is 24.2 Å². The number of benzene rings is 3. The summed E-state index contributed by atoms with van der Waals surface area (Å²) in [6.45, 7) is 4.03. The number of nitrogens with zero attached hydrogens (tertiary/aromatic N) is 2. The SMILES string of the molecule is CC(C)c1ccc(OCC(=O)N[C@H](c2ccc(F)cc2)c2nnc(-c3ccccc3)o2)cc1. The summed E-state index contributed by atoms with van der Waals surface area (Å²) in [7, 11) is 0. The number of nitrogens with one attached hydrogen (secondary N) is 1. The van der Waals surface area contributed by atoms with Gasteiger partial charge in [0.15, 0.2) is 6.61 Å². The fraction of sp³-hybridized carbons (Fsp3) is 0.192. The van der Waals surface area contributed by atoms with Crippen LogP contribution in [-0.2, 0) is 4.79 Å². The minimum atomic E-state index is -0.755. The van der Waals surface area contributed by atoms with Gasteiger partial charge in [-0.15, -0.1) is 10.2 Å². The van der Waals surface area contributed by atoms with E-state index in [1.54, 1.807) is 12.1 Å². The first-order valence-corrected chi connectivity index (χ1v) is 10.7. The molecule has 1 N–H and O–H groups in total. The monoisotopic (exact) mass is 445 g/mol. The van der Waals surface area contributed by atoms with Crippen molar-refractivity contribution >= 4 is 5.91 Å². The molecule has 4 aromatic rings. The van der Waals surface area contributed by atoms with E-state index in [9.17, 15) is 9.18 Å². The Kier molecular flexibility index (Phi) is 6.78. The van der Waals surface area contributed by atoms with Crippen molar-refractivity contribution in [2.24, 2.45) is 0 Å². The molecule has 1 aromatic heterocycles.